The number of nitrogens with one attached hydrogen (secondary N) is 1. The predicted molar refractivity (Wildman–Crippen MR) is 74.9 cm³/mol. The van der Waals surface area contributed by atoms with Gasteiger partial charge in [-0.05, 0) is 12.5 Å². The Morgan fingerprint density at radius 2 is 2.32 bits per heavy atom. The highest BCUT2D eigenvalue weighted by atomic mass is 16.5. The average Bonchev–Trinajstić information content (AvgIpc) is 2.45. The van der Waals surface area contributed by atoms with Crippen LogP contribution in [0.2, 0.25) is 0 Å². The molecule has 1 aliphatic rings. The summed E-state index contributed by atoms with van der Waals surface area (Å²) in [5.41, 5.74) is 6.94. The number of rotatable bonds is 5. The van der Waals surface area contributed by atoms with E-state index in [1.807, 2.05) is 24.3 Å². The van der Waals surface area contributed by atoms with Gasteiger partial charge in [0.2, 0.25) is 5.91 Å². The topological polar surface area (TPSA) is 64.4 Å². The zero-order valence-electron chi connectivity index (χ0n) is 11.4. The highest BCUT2D eigenvalue weighted by Gasteiger charge is 2.24. The molecule has 2 rings (SSSR count). The summed E-state index contributed by atoms with van der Waals surface area (Å²) < 4.78 is 5.58. The Kier molecular flexibility index (Phi) is 4.80. The van der Waals surface area contributed by atoms with Crippen LogP contribution in [0, 0.1) is 0 Å². The molecule has 4 heteroatoms. The summed E-state index contributed by atoms with van der Waals surface area (Å²) in [4.78, 5) is 12.0. The smallest absolute Gasteiger partial charge is 0.237 e. The van der Waals surface area contributed by atoms with Crippen LogP contribution in [-0.2, 0) is 4.79 Å². The highest BCUT2D eigenvalue weighted by Crippen LogP contribution is 2.31. The lowest BCUT2D eigenvalue weighted by atomic mass is 10.00. The first-order chi connectivity index (χ1) is 9.22. The van der Waals surface area contributed by atoms with Gasteiger partial charge in [0.15, 0.2) is 0 Å². The van der Waals surface area contributed by atoms with Crippen molar-refractivity contribution in [3.63, 3.8) is 0 Å². The molecule has 0 bridgehead atoms. The molecule has 4 nitrogen and oxygen atoms in total. The SMILES string of the molecule is CCCCC(N)C(=O)NC1CCOc2ccccc21. The fourth-order valence-electron chi connectivity index (χ4n) is 2.33. The van der Waals surface area contributed by atoms with Crippen molar-refractivity contribution in [1.82, 2.24) is 5.32 Å². The summed E-state index contributed by atoms with van der Waals surface area (Å²) in [6.07, 6.45) is 3.58. The molecule has 0 aliphatic carbocycles. The molecule has 0 fully saturated rings. The van der Waals surface area contributed by atoms with Gasteiger partial charge >= 0.3 is 0 Å². The van der Waals surface area contributed by atoms with E-state index in [2.05, 4.69) is 12.2 Å². The van der Waals surface area contributed by atoms with Crippen molar-refractivity contribution < 1.29 is 9.53 Å². The van der Waals surface area contributed by atoms with Crippen LogP contribution in [0.3, 0.4) is 0 Å². The van der Waals surface area contributed by atoms with Gasteiger partial charge in [0, 0.05) is 12.0 Å². The molecule has 19 heavy (non-hydrogen) atoms. The summed E-state index contributed by atoms with van der Waals surface area (Å²) in [5, 5.41) is 3.04. The van der Waals surface area contributed by atoms with E-state index in [1.54, 1.807) is 0 Å². The largest absolute Gasteiger partial charge is 0.493 e. The number of fused-ring (bicyclic) bond motifs is 1. The average molecular weight is 262 g/mol. The van der Waals surface area contributed by atoms with Crippen molar-refractivity contribution >= 4 is 5.91 Å². The molecule has 0 spiro atoms. The van der Waals surface area contributed by atoms with Gasteiger partial charge < -0.3 is 15.8 Å². The number of amides is 1. The zero-order chi connectivity index (χ0) is 13.7. The van der Waals surface area contributed by atoms with E-state index in [-0.39, 0.29) is 11.9 Å². The van der Waals surface area contributed by atoms with Gasteiger partial charge in [-0.25, -0.2) is 0 Å². The fraction of sp³-hybridized carbons (Fsp3) is 0.533. The Morgan fingerprint density at radius 1 is 1.53 bits per heavy atom. The van der Waals surface area contributed by atoms with E-state index in [1.165, 1.54) is 0 Å². The number of unbranched alkanes of at least 4 members (excludes halogenated alkanes) is 1. The molecule has 1 heterocycles. The van der Waals surface area contributed by atoms with Crippen LogP contribution in [0.5, 0.6) is 5.75 Å². The molecule has 1 amide bonds. The molecular weight excluding hydrogens is 240 g/mol. The van der Waals surface area contributed by atoms with Gasteiger partial charge in [-0.1, -0.05) is 38.0 Å². The second-order valence-corrected chi connectivity index (χ2v) is 4.98. The van der Waals surface area contributed by atoms with E-state index in [4.69, 9.17) is 10.5 Å². The van der Waals surface area contributed by atoms with Crippen LogP contribution in [0.15, 0.2) is 24.3 Å². The van der Waals surface area contributed by atoms with Crippen molar-refractivity contribution in [2.45, 2.75) is 44.7 Å². The van der Waals surface area contributed by atoms with Crippen LogP contribution >= 0.6 is 0 Å². The maximum atomic E-state index is 12.0. The highest BCUT2D eigenvalue weighted by molar-refractivity contribution is 5.82. The molecule has 2 atom stereocenters. The minimum Gasteiger partial charge on any atom is -0.493 e. The third kappa shape index (κ3) is 3.47. The lowest BCUT2D eigenvalue weighted by Gasteiger charge is -2.27. The van der Waals surface area contributed by atoms with Crippen LogP contribution in [0.4, 0.5) is 0 Å². The van der Waals surface area contributed by atoms with E-state index in [0.717, 1.165) is 37.0 Å². The first kappa shape index (κ1) is 13.9. The van der Waals surface area contributed by atoms with Crippen molar-refractivity contribution in [3.05, 3.63) is 29.8 Å². The molecular formula is C15H22N2O2. The van der Waals surface area contributed by atoms with Crippen LogP contribution < -0.4 is 15.8 Å². The van der Waals surface area contributed by atoms with E-state index in [0.29, 0.717) is 6.61 Å². The Morgan fingerprint density at radius 3 is 3.11 bits per heavy atom. The molecule has 2 unspecified atom stereocenters. The number of nitrogens with two attached hydrogens (primary N) is 1. The van der Waals surface area contributed by atoms with Gasteiger partial charge in [-0.15, -0.1) is 0 Å². The van der Waals surface area contributed by atoms with E-state index < -0.39 is 6.04 Å². The number of ether oxygens (including phenoxy) is 1. The summed E-state index contributed by atoms with van der Waals surface area (Å²) in [6, 6.07) is 7.45. The maximum absolute atomic E-state index is 12.0. The van der Waals surface area contributed by atoms with Gasteiger partial charge in [-0.2, -0.15) is 0 Å². The number of para-hydroxylation sites is 1. The second kappa shape index (κ2) is 6.57. The standard InChI is InChI=1S/C15H22N2O2/c1-2-3-7-12(16)15(18)17-13-9-10-19-14-8-5-4-6-11(13)14/h4-6,8,12-13H,2-3,7,9-10,16H2,1H3,(H,17,18). The van der Waals surface area contributed by atoms with Gasteiger partial charge in [-0.3, -0.25) is 4.79 Å². The lowest BCUT2D eigenvalue weighted by Crippen LogP contribution is -2.43. The normalized spacial score (nSPS) is 19.2. The third-order valence-corrected chi connectivity index (χ3v) is 3.48. The van der Waals surface area contributed by atoms with E-state index >= 15 is 0 Å². The Bertz CT molecular complexity index is 434. The molecule has 0 radical (unpaired) electrons. The van der Waals surface area contributed by atoms with E-state index in [9.17, 15) is 4.79 Å². The summed E-state index contributed by atoms with van der Waals surface area (Å²) in [6.45, 7) is 2.73. The van der Waals surface area contributed by atoms with Crippen LogP contribution in [0.25, 0.3) is 0 Å². The second-order valence-electron chi connectivity index (χ2n) is 4.98. The molecule has 0 saturated heterocycles. The quantitative estimate of drug-likeness (QED) is 0.854. The predicted octanol–water partition coefficient (Wildman–Crippen LogP) is 2.14. The van der Waals surface area contributed by atoms with Gasteiger partial charge in [0.05, 0.1) is 18.7 Å². The minimum atomic E-state index is -0.407. The van der Waals surface area contributed by atoms with Crippen LogP contribution in [-0.4, -0.2) is 18.6 Å². The lowest BCUT2D eigenvalue weighted by molar-refractivity contribution is -0.123. The van der Waals surface area contributed by atoms with Gasteiger partial charge in [0.1, 0.15) is 5.75 Å². The molecule has 1 aromatic rings. The monoisotopic (exact) mass is 262 g/mol. The first-order valence-electron chi connectivity index (χ1n) is 7.00. The Hall–Kier alpha value is -1.55. The number of hydrogen-bond acceptors (Lipinski definition) is 3. The molecule has 0 aromatic heterocycles. The van der Waals surface area contributed by atoms with Crippen molar-refractivity contribution in [2.24, 2.45) is 5.73 Å². The molecule has 1 aromatic carbocycles. The Balaban J connectivity index is 1.98. The first-order valence-corrected chi connectivity index (χ1v) is 7.00. The number of carbonyl (C=O) groups excluding carboxylic acids is 1. The Labute approximate surface area is 114 Å². The van der Waals surface area contributed by atoms with Crippen molar-refractivity contribution in [1.29, 1.82) is 0 Å². The van der Waals surface area contributed by atoms with Crippen molar-refractivity contribution in [3.8, 4) is 5.75 Å². The number of hydrogen-bond donors (Lipinski definition) is 2. The third-order valence-electron chi connectivity index (χ3n) is 3.48. The summed E-state index contributed by atoms with van der Waals surface area (Å²) in [5.74, 6) is 0.802. The summed E-state index contributed by atoms with van der Waals surface area (Å²) >= 11 is 0. The zero-order valence-corrected chi connectivity index (χ0v) is 11.4. The van der Waals surface area contributed by atoms with Crippen molar-refractivity contribution in [2.75, 3.05) is 6.61 Å². The van der Waals surface area contributed by atoms with Gasteiger partial charge in [0.25, 0.3) is 0 Å². The molecule has 1 aliphatic heterocycles. The van der Waals surface area contributed by atoms with Crippen LogP contribution in [0.1, 0.15) is 44.2 Å². The minimum absolute atomic E-state index is 0.0186. The molecule has 0 saturated carbocycles. The molecule has 3 N–H and O–H groups in total. The number of carbonyl (C=O) groups is 1. The summed E-state index contributed by atoms with van der Waals surface area (Å²) in [7, 11) is 0. The fourth-order valence-corrected chi connectivity index (χ4v) is 2.33. The number of benzene rings is 1. The molecule has 104 valence electrons. The maximum Gasteiger partial charge on any atom is 0.237 e.